The number of carbonyl (C=O) groups excluding carboxylic acids is 1. The number of benzene rings is 1. The highest BCUT2D eigenvalue weighted by Gasteiger charge is 2.17. The molecular weight excluding hydrogens is 278 g/mol. The van der Waals surface area contributed by atoms with E-state index in [4.69, 9.17) is 0 Å². The first-order valence-electron chi connectivity index (χ1n) is 7.10. The molecule has 0 saturated carbocycles. The summed E-state index contributed by atoms with van der Waals surface area (Å²) in [6.45, 7) is 10.1. The van der Waals surface area contributed by atoms with E-state index in [-0.39, 0.29) is 11.0 Å². The topological polar surface area (TPSA) is 30.0 Å². The monoisotopic (exact) mass is 299 g/mol. The predicted octanol–water partition coefficient (Wildman–Crippen LogP) is 4.68. The van der Waals surface area contributed by atoms with E-state index in [2.05, 4.69) is 18.8 Å². The molecule has 2 rings (SSSR count). The minimum atomic E-state index is -0.138. The number of rotatable bonds is 4. The van der Waals surface area contributed by atoms with Crippen LogP contribution in [0.3, 0.4) is 0 Å². The highest BCUT2D eigenvalue weighted by molar-refractivity contribution is 8.00. The summed E-state index contributed by atoms with van der Waals surface area (Å²) in [6, 6.07) is 9.97. The Morgan fingerprint density at radius 1 is 1.05 bits per heavy atom. The van der Waals surface area contributed by atoms with Gasteiger partial charge < -0.3 is 0 Å². The summed E-state index contributed by atoms with van der Waals surface area (Å²) in [7, 11) is 0. The molecule has 0 aliphatic rings. The summed E-state index contributed by atoms with van der Waals surface area (Å²) in [4.78, 5) is 17.0. The number of nitrogens with zero attached hydrogens (tertiary/aromatic N) is 1. The van der Waals surface area contributed by atoms with Crippen molar-refractivity contribution in [1.29, 1.82) is 0 Å². The first kappa shape index (κ1) is 15.8. The fourth-order valence-corrected chi connectivity index (χ4v) is 3.28. The van der Waals surface area contributed by atoms with Crippen molar-refractivity contribution in [3.8, 4) is 0 Å². The lowest BCUT2D eigenvalue weighted by Gasteiger charge is -2.12. The van der Waals surface area contributed by atoms with E-state index in [1.807, 2.05) is 51.1 Å². The van der Waals surface area contributed by atoms with Gasteiger partial charge in [0.1, 0.15) is 0 Å². The fraction of sp³-hybridized carbons (Fsp3) is 0.333. The van der Waals surface area contributed by atoms with E-state index in [9.17, 15) is 4.79 Å². The van der Waals surface area contributed by atoms with Crippen LogP contribution < -0.4 is 0 Å². The molecule has 0 N–H and O–H groups in total. The molecule has 21 heavy (non-hydrogen) atoms. The van der Waals surface area contributed by atoms with Crippen LogP contribution in [0.1, 0.15) is 39.7 Å². The highest BCUT2D eigenvalue weighted by atomic mass is 32.2. The second kappa shape index (κ2) is 6.44. The number of Topliss-reactive ketones (excluding diaryl/α,β-unsaturated/α-hetero) is 1. The van der Waals surface area contributed by atoms with Gasteiger partial charge in [0, 0.05) is 11.3 Å². The summed E-state index contributed by atoms with van der Waals surface area (Å²) in [6.07, 6.45) is 0. The molecule has 1 unspecified atom stereocenters. The van der Waals surface area contributed by atoms with Crippen molar-refractivity contribution in [2.75, 3.05) is 0 Å². The Balaban J connectivity index is 2.17. The zero-order chi connectivity index (χ0) is 15.6. The largest absolute Gasteiger partial charge is 0.293 e. The Labute approximate surface area is 131 Å². The van der Waals surface area contributed by atoms with Gasteiger partial charge in [0.15, 0.2) is 5.78 Å². The number of aryl methyl sites for hydroxylation is 4. The van der Waals surface area contributed by atoms with Gasteiger partial charge in [-0.25, -0.2) is 4.98 Å². The number of thioether (sulfide) groups is 1. The standard InChI is InChI=1S/C18H21NOS/c1-11-8-14(4)19-17(9-11)21-15(5)18(20)16-7-6-12(2)13(3)10-16/h6-10,15H,1-5H3. The Hall–Kier alpha value is -1.61. The Morgan fingerprint density at radius 2 is 1.76 bits per heavy atom. The van der Waals surface area contributed by atoms with Crippen LogP contribution in [0.2, 0.25) is 0 Å². The molecule has 0 radical (unpaired) electrons. The number of hydrogen-bond acceptors (Lipinski definition) is 3. The zero-order valence-electron chi connectivity index (χ0n) is 13.2. The second-order valence-electron chi connectivity index (χ2n) is 5.55. The van der Waals surface area contributed by atoms with Crippen LogP contribution >= 0.6 is 11.8 Å². The number of aromatic nitrogens is 1. The molecule has 1 aromatic carbocycles. The van der Waals surface area contributed by atoms with Gasteiger partial charge in [0.25, 0.3) is 0 Å². The van der Waals surface area contributed by atoms with Gasteiger partial charge in [0.05, 0.1) is 10.3 Å². The second-order valence-corrected chi connectivity index (χ2v) is 6.91. The van der Waals surface area contributed by atoms with Crippen molar-refractivity contribution in [1.82, 2.24) is 4.98 Å². The number of carbonyl (C=O) groups is 1. The molecule has 1 atom stereocenters. The minimum Gasteiger partial charge on any atom is -0.293 e. The Morgan fingerprint density at radius 3 is 2.38 bits per heavy atom. The van der Waals surface area contributed by atoms with E-state index >= 15 is 0 Å². The van der Waals surface area contributed by atoms with Gasteiger partial charge in [-0.2, -0.15) is 0 Å². The smallest absolute Gasteiger partial charge is 0.175 e. The maximum Gasteiger partial charge on any atom is 0.175 e. The molecule has 110 valence electrons. The van der Waals surface area contributed by atoms with E-state index in [0.29, 0.717) is 0 Å². The van der Waals surface area contributed by atoms with Crippen molar-refractivity contribution < 1.29 is 4.79 Å². The molecular formula is C18H21NOS. The van der Waals surface area contributed by atoms with Crippen LogP contribution in [0.25, 0.3) is 0 Å². The Kier molecular flexibility index (Phi) is 4.84. The van der Waals surface area contributed by atoms with Crippen molar-refractivity contribution in [2.24, 2.45) is 0 Å². The molecule has 0 fully saturated rings. The van der Waals surface area contributed by atoms with Crippen LogP contribution in [0.4, 0.5) is 0 Å². The maximum atomic E-state index is 12.5. The van der Waals surface area contributed by atoms with Gasteiger partial charge >= 0.3 is 0 Å². The van der Waals surface area contributed by atoms with Crippen LogP contribution in [-0.4, -0.2) is 16.0 Å². The predicted molar refractivity (Wildman–Crippen MR) is 89.3 cm³/mol. The third-order valence-electron chi connectivity index (χ3n) is 3.53. The van der Waals surface area contributed by atoms with Crippen molar-refractivity contribution in [3.05, 3.63) is 58.3 Å². The molecule has 2 nitrogen and oxygen atoms in total. The molecule has 0 aliphatic carbocycles. The quantitative estimate of drug-likeness (QED) is 0.606. The van der Waals surface area contributed by atoms with Gasteiger partial charge in [0.2, 0.25) is 0 Å². The summed E-state index contributed by atoms with van der Waals surface area (Å²) >= 11 is 1.52. The maximum absolute atomic E-state index is 12.5. The molecule has 0 spiro atoms. The first-order valence-corrected chi connectivity index (χ1v) is 7.98. The summed E-state index contributed by atoms with van der Waals surface area (Å²) in [5, 5.41) is 0.776. The average molecular weight is 299 g/mol. The van der Waals surface area contributed by atoms with Crippen molar-refractivity contribution >= 4 is 17.5 Å². The van der Waals surface area contributed by atoms with Crippen LogP contribution in [0, 0.1) is 27.7 Å². The summed E-state index contributed by atoms with van der Waals surface area (Å²) in [5.74, 6) is 0.157. The minimum absolute atomic E-state index is 0.138. The van der Waals surface area contributed by atoms with E-state index in [1.54, 1.807) is 0 Å². The summed E-state index contributed by atoms with van der Waals surface area (Å²) in [5.41, 5.74) is 5.31. The average Bonchev–Trinajstić information content (AvgIpc) is 2.39. The van der Waals surface area contributed by atoms with Gasteiger partial charge in [-0.1, -0.05) is 23.9 Å². The molecule has 1 heterocycles. The van der Waals surface area contributed by atoms with Crippen LogP contribution in [0.15, 0.2) is 35.4 Å². The number of ketones is 1. The summed E-state index contributed by atoms with van der Waals surface area (Å²) < 4.78 is 0. The normalized spacial score (nSPS) is 12.2. The van der Waals surface area contributed by atoms with E-state index in [0.717, 1.165) is 21.8 Å². The van der Waals surface area contributed by atoms with Crippen LogP contribution in [0.5, 0.6) is 0 Å². The van der Waals surface area contributed by atoms with Crippen molar-refractivity contribution in [2.45, 2.75) is 44.9 Å². The fourth-order valence-electron chi connectivity index (χ4n) is 2.23. The number of pyridine rings is 1. The Bertz CT molecular complexity index is 659. The lowest BCUT2D eigenvalue weighted by molar-refractivity contribution is 0.0994. The van der Waals surface area contributed by atoms with E-state index < -0.39 is 0 Å². The van der Waals surface area contributed by atoms with Gasteiger partial charge in [-0.15, -0.1) is 0 Å². The highest BCUT2D eigenvalue weighted by Crippen LogP contribution is 2.25. The zero-order valence-corrected chi connectivity index (χ0v) is 14.0. The third-order valence-corrected chi connectivity index (χ3v) is 4.55. The van der Waals surface area contributed by atoms with E-state index in [1.165, 1.54) is 22.9 Å². The molecule has 3 heteroatoms. The molecule has 0 bridgehead atoms. The first-order chi connectivity index (χ1) is 9.86. The molecule has 2 aromatic rings. The molecule has 1 aromatic heterocycles. The van der Waals surface area contributed by atoms with Crippen molar-refractivity contribution in [3.63, 3.8) is 0 Å². The van der Waals surface area contributed by atoms with Gasteiger partial charge in [-0.05, 0) is 69.5 Å². The molecule has 0 aliphatic heterocycles. The van der Waals surface area contributed by atoms with Crippen LogP contribution in [-0.2, 0) is 0 Å². The molecule has 0 amide bonds. The molecule has 0 saturated heterocycles. The van der Waals surface area contributed by atoms with Gasteiger partial charge in [-0.3, -0.25) is 4.79 Å². The SMILES string of the molecule is Cc1cc(C)nc(SC(C)C(=O)c2ccc(C)c(C)c2)c1. The number of hydrogen-bond donors (Lipinski definition) is 0. The third kappa shape index (κ3) is 3.94. The lowest BCUT2D eigenvalue weighted by Crippen LogP contribution is -2.14. The lowest BCUT2D eigenvalue weighted by atomic mass is 10.0.